The highest BCUT2D eigenvalue weighted by Crippen LogP contribution is 2.35. The first-order valence-corrected chi connectivity index (χ1v) is 7.05. The molecule has 2 aromatic rings. The number of halogens is 5. The number of hydrogen-bond donors (Lipinski definition) is 0. The number of benzene rings is 2. The quantitative estimate of drug-likeness (QED) is 0.645. The van der Waals surface area contributed by atoms with E-state index >= 15 is 0 Å². The molecule has 0 fully saturated rings. The molecule has 0 aliphatic carbocycles. The van der Waals surface area contributed by atoms with Crippen molar-refractivity contribution >= 4 is 0 Å². The third kappa shape index (κ3) is 4.92. The Labute approximate surface area is 135 Å². The largest absolute Gasteiger partial charge is 0.573 e. The van der Waals surface area contributed by atoms with Gasteiger partial charge >= 0.3 is 12.5 Å². The van der Waals surface area contributed by atoms with Crippen LogP contribution in [-0.4, -0.2) is 6.36 Å². The molecule has 0 aliphatic heterocycles. The van der Waals surface area contributed by atoms with Crippen LogP contribution in [0.3, 0.4) is 0 Å². The number of alkyl halides is 5. The fraction of sp³-hybridized carbons (Fsp3) is 0.294. The average Bonchev–Trinajstić information content (AvgIpc) is 2.46. The molecule has 0 saturated heterocycles. The maximum atomic E-state index is 14.1. The molecule has 2 rings (SSSR count). The van der Waals surface area contributed by atoms with Gasteiger partial charge in [-0.15, -0.1) is 13.2 Å². The summed E-state index contributed by atoms with van der Waals surface area (Å²) in [4.78, 5) is 0. The van der Waals surface area contributed by atoms with Crippen molar-refractivity contribution in [1.29, 1.82) is 0 Å². The molecule has 0 saturated carbocycles. The molecule has 0 radical (unpaired) electrons. The number of rotatable bonds is 5. The minimum atomic E-state index is -4.80. The molecule has 1 atom stereocenters. The summed E-state index contributed by atoms with van der Waals surface area (Å²) < 4.78 is 73.1. The van der Waals surface area contributed by atoms with Gasteiger partial charge in [-0.1, -0.05) is 42.0 Å². The number of ether oxygens (including phenoxy) is 2. The number of aryl methyl sites for hydroxylation is 1. The second-order valence-corrected chi connectivity index (χ2v) is 5.26. The van der Waals surface area contributed by atoms with E-state index in [4.69, 9.17) is 4.74 Å². The monoisotopic (exact) mass is 346 g/mol. The highest BCUT2D eigenvalue weighted by Gasteiger charge is 2.35. The number of hydrogen-bond acceptors (Lipinski definition) is 2. The van der Waals surface area contributed by atoms with Crippen molar-refractivity contribution in [3.63, 3.8) is 0 Å². The fourth-order valence-electron chi connectivity index (χ4n) is 2.05. The fourth-order valence-corrected chi connectivity index (χ4v) is 2.05. The van der Waals surface area contributed by atoms with E-state index in [1.165, 1.54) is 31.2 Å². The SMILES string of the molecule is Cc1ccc(C(F)(F)OC(C)c2ccc(OC(F)(F)F)cc2)cc1. The highest BCUT2D eigenvalue weighted by atomic mass is 19.4. The second kappa shape index (κ2) is 6.76. The molecule has 0 heterocycles. The molecule has 24 heavy (non-hydrogen) atoms. The summed E-state index contributed by atoms with van der Waals surface area (Å²) in [6.07, 6.45) is -9.35. The van der Waals surface area contributed by atoms with Crippen molar-refractivity contribution in [3.8, 4) is 5.75 Å². The Morgan fingerprint density at radius 3 is 1.88 bits per heavy atom. The molecule has 7 heteroatoms. The Morgan fingerprint density at radius 1 is 0.833 bits per heavy atom. The first-order valence-electron chi connectivity index (χ1n) is 7.05. The third-order valence-corrected chi connectivity index (χ3v) is 3.30. The summed E-state index contributed by atoms with van der Waals surface area (Å²) >= 11 is 0. The first kappa shape index (κ1) is 18.2. The summed E-state index contributed by atoms with van der Waals surface area (Å²) in [5.41, 5.74) is 0.844. The van der Waals surface area contributed by atoms with Gasteiger partial charge in [0.1, 0.15) is 5.75 Å². The van der Waals surface area contributed by atoms with Crippen LogP contribution in [0.15, 0.2) is 48.5 Å². The Kier molecular flexibility index (Phi) is 5.13. The third-order valence-electron chi connectivity index (χ3n) is 3.30. The van der Waals surface area contributed by atoms with E-state index in [0.29, 0.717) is 5.56 Å². The average molecular weight is 346 g/mol. The van der Waals surface area contributed by atoms with Crippen LogP contribution in [0.25, 0.3) is 0 Å². The zero-order chi connectivity index (χ0) is 18.0. The van der Waals surface area contributed by atoms with Crippen LogP contribution < -0.4 is 4.74 Å². The van der Waals surface area contributed by atoms with Crippen LogP contribution in [0, 0.1) is 6.92 Å². The summed E-state index contributed by atoms with van der Waals surface area (Å²) in [7, 11) is 0. The summed E-state index contributed by atoms with van der Waals surface area (Å²) in [5, 5.41) is 0. The molecular weight excluding hydrogens is 331 g/mol. The van der Waals surface area contributed by atoms with E-state index in [2.05, 4.69) is 4.74 Å². The minimum absolute atomic E-state index is 0.294. The van der Waals surface area contributed by atoms with E-state index in [0.717, 1.165) is 17.7 Å². The summed E-state index contributed by atoms with van der Waals surface area (Å²) in [5.74, 6) is -0.427. The Bertz CT molecular complexity index is 663. The van der Waals surface area contributed by atoms with Crippen LogP contribution in [0.4, 0.5) is 22.0 Å². The molecule has 0 aromatic heterocycles. The molecule has 0 amide bonds. The van der Waals surface area contributed by atoms with Crippen LogP contribution in [-0.2, 0) is 10.8 Å². The van der Waals surface area contributed by atoms with Crippen molar-refractivity contribution in [2.45, 2.75) is 32.4 Å². The molecule has 0 N–H and O–H groups in total. The van der Waals surface area contributed by atoms with Gasteiger partial charge in [-0.3, -0.25) is 0 Å². The van der Waals surface area contributed by atoms with E-state index in [9.17, 15) is 22.0 Å². The molecule has 2 aromatic carbocycles. The van der Waals surface area contributed by atoms with Crippen LogP contribution in [0.2, 0.25) is 0 Å². The van der Waals surface area contributed by atoms with Gasteiger partial charge in [0.05, 0.1) is 11.7 Å². The van der Waals surface area contributed by atoms with Gasteiger partial charge < -0.3 is 9.47 Å². The van der Waals surface area contributed by atoms with E-state index in [-0.39, 0.29) is 5.56 Å². The lowest BCUT2D eigenvalue weighted by Crippen LogP contribution is -2.20. The molecule has 0 spiro atoms. The topological polar surface area (TPSA) is 18.5 Å². The lowest BCUT2D eigenvalue weighted by molar-refractivity contribution is -0.274. The summed E-state index contributed by atoms with van der Waals surface area (Å²) in [6, 6.07) is 10.2. The highest BCUT2D eigenvalue weighted by molar-refractivity contribution is 5.29. The first-order chi connectivity index (χ1) is 11.1. The molecule has 0 aliphatic rings. The normalized spacial score (nSPS) is 13.6. The minimum Gasteiger partial charge on any atom is -0.406 e. The second-order valence-electron chi connectivity index (χ2n) is 5.26. The molecule has 2 nitrogen and oxygen atoms in total. The lowest BCUT2D eigenvalue weighted by atomic mass is 10.1. The van der Waals surface area contributed by atoms with Crippen LogP contribution in [0.1, 0.15) is 29.7 Å². The predicted octanol–water partition coefficient (Wildman–Crippen LogP) is 5.72. The Balaban J connectivity index is 2.08. The zero-order valence-corrected chi connectivity index (χ0v) is 12.9. The van der Waals surface area contributed by atoms with Gasteiger partial charge in [-0.2, -0.15) is 8.78 Å². The van der Waals surface area contributed by atoms with E-state index < -0.39 is 24.3 Å². The van der Waals surface area contributed by atoms with Crippen molar-refractivity contribution < 1.29 is 31.4 Å². The summed E-state index contributed by atoms with van der Waals surface area (Å²) in [6.45, 7) is 3.16. The molecule has 0 bridgehead atoms. The lowest BCUT2D eigenvalue weighted by Gasteiger charge is -2.22. The standard InChI is InChI=1S/C17H15F5O2/c1-11-3-7-14(8-4-11)16(18,19)23-12(2)13-5-9-15(10-6-13)24-17(20,21)22/h3-10,12H,1-2H3. The molecular formula is C17H15F5O2. The maximum absolute atomic E-state index is 14.1. The maximum Gasteiger partial charge on any atom is 0.573 e. The predicted molar refractivity (Wildman–Crippen MR) is 77.7 cm³/mol. The van der Waals surface area contributed by atoms with Crippen molar-refractivity contribution in [1.82, 2.24) is 0 Å². The molecule has 1 unspecified atom stereocenters. The van der Waals surface area contributed by atoms with E-state index in [1.807, 2.05) is 0 Å². The zero-order valence-electron chi connectivity index (χ0n) is 12.9. The van der Waals surface area contributed by atoms with Crippen molar-refractivity contribution in [2.24, 2.45) is 0 Å². The van der Waals surface area contributed by atoms with Gasteiger partial charge in [-0.05, 0) is 31.5 Å². The van der Waals surface area contributed by atoms with Crippen molar-refractivity contribution in [2.75, 3.05) is 0 Å². The van der Waals surface area contributed by atoms with Crippen LogP contribution in [0.5, 0.6) is 5.75 Å². The van der Waals surface area contributed by atoms with Crippen molar-refractivity contribution in [3.05, 3.63) is 65.2 Å². The Hall–Kier alpha value is -2.15. The van der Waals surface area contributed by atoms with Gasteiger partial charge in [0.25, 0.3) is 0 Å². The van der Waals surface area contributed by atoms with Gasteiger partial charge in [-0.25, -0.2) is 0 Å². The Morgan fingerprint density at radius 2 is 1.38 bits per heavy atom. The van der Waals surface area contributed by atoms with Gasteiger partial charge in [0, 0.05) is 0 Å². The molecule has 130 valence electrons. The smallest absolute Gasteiger partial charge is 0.406 e. The van der Waals surface area contributed by atoms with Gasteiger partial charge in [0.2, 0.25) is 0 Å². The van der Waals surface area contributed by atoms with Gasteiger partial charge in [0.15, 0.2) is 0 Å². The van der Waals surface area contributed by atoms with E-state index in [1.54, 1.807) is 19.1 Å². The van der Waals surface area contributed by atoms with Crippen LogP contribution >= 0.6 is 0 Å².